The largest absolute Gasteiger partial charge is 0.497 e. The lowest BCUT2D eigenvalue weighted by Gasteiger charge is -2.06. The number of carbonyl (C=O) groups excluding carboxylic acids is 1. The number of aromatic amines is 1. The first kappa shape index (κ1) is 21.8. The average Bonchev–Trinajstić information content (AvgIpc) is 3.20. The van der Waals surface area contributed by atoms with E-state index in [4.69, 9.17) is 20.2 Å². The van der Waals surface area contributed by atoms with Gasteiger partial charge in [0.15, 0.2) is 5.16 Å². The molecule has 0 aliphatic heterocycles. The Morgan fingerprint density at radius 1 is 1.03 bits per heavy atom. The number of hydrogen-bond donors (Lipinski definition) is 2. The van der Waals surface area contributed by atoms with E-state index in [0.717, 1.165) is 57.8 Å². The van der Waals surface area contributed by atoms with Gasteiger partial charge in [-0.1, -0.05) is 18.7 Å². The summed E-state index contributed by atoms with van der Waals surface area (Å²) in [6.07, 6.45) is 1.67. The summed E-state index contributed by atoms with van der Waals surface area (Å²) >= 11 is 1.65. The molecule has 0 aliphatic carbocycles. The lowest BCUT2D eigenvalue weighted by Crippen LogP contribution is -2.20. The van der Waals surface area contributed by atoms with Gasteiger partial charge in [0.1, 0.15) is 11.5 Å². The number of nitrogens with one attached hydrogen (secondary N) is 1. The van der Waals surface area contributed by atoms with Crippen LogP contribution in [0.2, 0.25) is 0 Å². The number of hydrogen-bond acceptors (Lipinski definition) is 5. The number of carbonyl (C=O) groups is 1. The maximum atomic E-state index is 11.2. The molecule has 6 nitrogen and oxygen atoms in total. The molecule has 1 amide bonds. The molecule has 1 heterocycles. The van der Waals surface area contributed by atoms with Crippen LogP contribution in [-0.2, 0) is 4.79 Å². The zero-order valence-electron chi connectivity index (χ0n) is 17.5. The number of benzene rings is 2. The molecule has 30 heavy (non-hydrogen) atoms. The summed E-state index contributed by atoms with van der Waals surface area (Å²) in [5.74, 6) is 2.12. The fraction of sp³-hybridized carbons (Fsp3) is 0.304. The number of imidazole rings is 1. The van der Waals surface area contributed by atoms with Gasteiger partial charge >= 0.3 is 0 Å². The number of aromatic nitrogens is 2. The van der Waals surface area contributed by atoms with Crippen molar-refractivity contribution in [1.29, 1.82) is 0 Å². The van der Waals surface area contributed by atoms with E-state index >= 15 is 0 Å². The standard InChI is InChI=1S/C23H27N3O3S/c1-15(22(24)27)5-4-14-30-23-25-20(16-6-10-18(28-2)11-7-16)21(26-23)17-8-12-19(29-3)13-9-17/h6-13,15H,4-5,14H2,1-3H3,(H2,24,27)(H,25,26). The van der Waals surface area contributed by atoms with Crippen LogP contribution in [0.4, 0.5) is 0 Å². The zero-order valence-corrected chi connectivity index (χ0v) is 18.3. The van der Waals surface area contributed by atoms with E-state index < -0.39 is 0 Å². The molecule has 3 N–H and O–H groups in total. The molecule has 158 valence electrons. The van der Waals surface area contributed by atoms with Gasteiger partial charge < -0.3 is 20.2 Å². The first-order valence-corrected chi connectivity index (χ1v) is 10.8. The van der Waals surface area contributed by atoms with Gasteiger partial charge in [0.2, 0.25) is 5.91 Å². The summed E-state index contributed by atoms with van der Waals surface area (Å²) < 4.78 is 10.5. The Bertz CT molecular complexity index is 903. The second-order valence-electron chi connectivity index (χ2n) is 7.02. The molecular weight excluding hydrogens is 398 g/mol. The van der Waals surface area contributed by atoms with Crippen LogP contribution in [0, 0.1) is 5.92 Å². The van der Waals surface area contributed by atoms with Crippen molar-refractivity contribution in [3.8, 4) is 34.0 Å². The fourth-order valence-corrected chi connectivity index (χ4v) is 3.88. The number of thioether (sulfide) groups is 1. The van der Waals surface area contributed by atoms with E-state index in [1.165, 1.54) is 0 Å². The van der Waals surface area contributed by atoms with E-state index in [-0.39, 0.29) is 11.8 Å². The highest BCUT2D eigenvalue weighted by Crippen LogP contribution is 2.34. The average molecular weight is 426 g/mol. The smallest absolute Gasteiger partial charge is 0.220 e. The lowest BCUT2D eigenvalue weighted by molar-refractivity contribution is -0.121. The molecule has 2 aromatic carbocycles. The SMILES string of the molecule is COc1ccc(-c2nc(SCCCC(C)C(N)=O)[nH]c2-c2ccc(OC)cc2)cc1. The maximum absolute atomic E-state index is 11.2. The Hall–Kier alpha value is -2.93. The van der Waals surface area contributed by atoms with Crippen LogP contribution in [0.3, 0.4) is 0 Å². The molecule has 1 aromatic heterocycles. The van der Waals surface area contributed by atoms with E-state index in [0.29, 0.717) is 0 Å². The number of nitrogens with two attached hydrogens (primary N) is 1. The molecule has 0 spiro atoms. The zero-order chi connectivity index (χ0) is 21.5. The van der Waals surface area contributed by atoms with Crippen molar-refractivity contribution in [2.24, 2.45) is 11.7 Å². The predicted octanol–water partition coefficient (Wildman–Crippen LogP) is 4.75. The van der Waals surface area contributed by atoms with Crippen molar-refractivity contribution >= 4 is 17.7 Å². The van der Waals surface area contributed by atoms with E-state index in [1.807, 2.05) is 55.5 Å². The van der Waals surface area contributed by atoms with Crippen LogP contribution in [0.1, 0.15) is 19.8 Å². The Kier molecular flexibility index (Phi) is 7.41. The summed E-state index contributed by atoms with van der Waals surface area (Å²) in [5, 5.41) is 0.846. The lowest BCUT2D eigenvalue weighted by atomic mass is 10.0. The third-order valence-electron chi connectivity index (χ3n) is 4.93. The molecule has 0 saturated carbocycles. The van der Waals surface area contributed by atoms with Crippen molar-refractivity contribution in [2.45, 2.75) is 24.9 Å². The van der Waals surface area contributed by atoms with Crippen LogP contribution in [-0.4, -0.2) is 35.8 Å². The number of ether oxygens (including phenoxy) is 2. The van der Waals surface area contributed by atoms with Crippen molar-refractivity contribution in [3.05, 3.63) is 48.5 Å². The Morgan fingerprint density at radius 2 is 1.60 bits per heavy atom. The van der Waals surface area contributed by atoms with Gasteiger partial charge in [-0.15, -0.1) is 0 Å². The van der Waals surface area contributed by atoms with Crippen molar-refractivity contribution in [1.82, 2.24) is 9.97 Å². The van der Waals surface area contributed by atoms with Crippen molar-refractivity contribution in [3.63, 3.8) is 0 Å². The van der Waals surface area contributed by atoms with Gasteiger partial charge in [0.05, 0.1) is 25.6 Å². The second-order valence-corrected chi connectivity index (χ2v) is 8.10. The maximum Gasteiger partial charge on any atom is 0.220 e. The van der Waals surface area contributed by atoms with E-state index in [1.54, 1.807) is 26.0 Å². The molecule has 0 aliphatic rings. The molecule has 1 unspecified atom stereocenters. The minimum Gasteiger partial charge on any atom is -0.497 e. The van der Waals surface area contributed by atoms with Crippen LogP contribution in [0.15, 0.2) is 53.7 Å². The van der Waals surface area contributed by atoms with Crippen LogP contribution >= 0.6 is 11.8 Å². The third kappa shape index (κ3) is 5.36. The third-order valence-corrected chi connectivity index (χ3v) is 5.89. The number of nitrogens with zero attached hydrogens (tertiary/aromatic N) is 1. The highest BCUT2D eigenvalue weighted by Gasteiger charge is 2.15. The Morgan fingerprint density at radius 3 is 2.13 bits per heavy atom. The van der Waals surface area contributed by atoms with Gasteiger partial charge in [0.25, 0.3) is 0 Å². The molecular formula is C23H27N3O3S. The van der Waals surface area contributed by atoms with Crippen LogP contribution < -0.4 is 15.2 Å². The van der Waals surface area contributed by atoms with Gasteiger partial charge in [0, 0.05) is 22.8 Å². The first-order chi connectivity index (χ1) is 14.5. The number of amides is 1. The predicted molar refractivity (Wildman–Crippen MR) is 121 cm³/mol. The summed E-state index contributed by atoms with van der Waals surface area (Å²) in [4.78, 5) is 19.5. The summed E-state index contributed by atoms with van der Waals surface area (Å²) in [6.45, 7) is 1.86. The molecule has 0 bridgehead atoms. The van der Waals surface area contributed by atoms with Crippen LogP contribution in [0.5, 0.6) is 11.5 Å². The number of methoxy groups -OCH3 is 2. The highest BCUT2D eigenvalue weighted by atomic mass is 32.2. The molecule has 3 aromatic rings. The van der Waals surface area contributed by atoms with Gasteiger partial charge in [-0.05, 0) is 61.4 Å². The molecule has 3 rings (SSSR count). The molecule has 0 saturated heterocycles. The minimum atomic E-state index is -0.249. The summed E-state index contributed by atoms with van der Waals surface area (Å²) in [6, 6.07) is 15.8. The second kappa shape index (κ2) is 10.2. The number of H-pyrrole nitrogens is 1. The summed E-state index contributed by atoms with van der Waals surface area (Å²) in [5.41, 5.74) is 9.22. The van der Waals surface area contributed by atoms with Gasteiger partial charge in [-0.2, -0.15) is 0 Å². The van der Waals surface area contributed by atoms with Crippen LogP contribution in [0.25, 0.3) is 22.5 Å². The number of rotatable bonds is 10. The molecule has 0 fully saturated rings. The Balaban J connectivity index is 1.83. The normalized spacial score (nSPS) is 11.8. The topological polar surface area (TPSA) is 90.2 Å². The van der Waals surface area contributed by atoms with Crippen molar-refractivity contribution < 1.29 is 14.3 Å². The monoisotopic (exact) mass is 425 g/mol. The quantitative estimate of drug-likeness (QED) is 0.361. The summed E-state index contributed by atoms with van der Waals surface area (Å²) in [7, 11) is 3.31. The minimum absolute atomic E-state index is 0.105. The molecule has 0 radical (unpaired) electrons. The fourth-order valence-electron chi connectivity index (χ4n) is 3.04. The Labute approximate surface area is 181 Å². The molecule has 7 heteroatoms. The van der Waals surface area contributed by atoms with E-state index in [2.05, 4.69) is 4.98 Å². The van der Waals surface area contributed by atoms with Gasteiger partial charge in [-0.3, -0.25) is 4.79 Å². The highest BCUT2D eigenvalue weighted by molar-refractivity contribution is 7.99. The van der Waals surface area contributed by atoms with Gasteiger partial charge in [-0.25, -0.2) is 4.98 Å². The first-order valence-electron chi connectivity index (χ1n) is 9.82. The molecule has 1 atom stereocenters. The number of primary amides is 1. The van der Waals surface area contributed by atoms with E-state index in [9.17, 15) is 4.79 Å². The van der Waals surface area contributed by atoms with Crippen molar-refractivity contribution in [2.75, 3.05) is 20.0 Å².